The molecular formula is C11H21N3O. The summed E-state index contributed by atoms with van der Waals surface area (Å²) in [5.74, 6) is 0. The van der Waals surface area contributed by atoms with Gasteiger partial charge in [-0.1, -0.05) is 26.0 Å². The van der Waals surface area contributed by atoms with Crippen molar-refractivity contribution in [3.05, 3.63) is 11.9 Å². The Bertz CT molecular complexity index is 299. The molecule has 0 N–H and O–H groups in total. The van der Waals surface area contributed by atoms with E-state index in [0.717, 1.165) is 12.2 Å². The molecule has 0 saturated carbocycles. The van der Waals surface area contributed by atoms with E-state index in [1.54, 1.807) is 0 Å². The first kappa shape index (κ1) is 12.2. The Hall–Kier alpha value is -0.900. The van der Waals surface area contributed by atoms with Crippen molar-refractivity contribution in [2.45, 2.75) is 52.7 Å². The zero-order valence-corrected chi connectivity index (χ0v) is 10.3. The van der Waals surface area contributed by atoms with Gasteiger partial charge in [0.15, 0.2) is 0 Å². The number of ether oxygens (including phenoxy) is 1. The standard InChI is InChI=1S/C11H21N3O/c1-9(2)15-7-6-14-8-10(12-13-14)11(3,4)5/h8-9H,6-7H2,1-5H3. The van der Waals surface area contributed by atoms with Gasteiger partial charge >= 0.3 is 0 Å². The van der Waals surface area contributed by atoms with Crippen LogP contribution in [0.4, 0.5) is 0 Å². The minimum Gasteiger partial charge on any atom is -0.377 e. The molecule has 0 aliphatic carbocycles. The zero-order chi connectivity index (χ0) is 11.5. The Kier molecular flexibility index (Phi) is 3.85. The fraction of sp³-hybridized carbons (Fsp3) is 0.818. The highest BCUT2D eigenvalue weighted by molar-refractivity contribution is 5.06. The van der Waals surface area contributed by atoms with Gasteiger partial charge in [0.05, 0.1) is 24.9 Å². The van der Waals surface area contributed by atoms with E-state index in [2.05, 4.69) is 31.1 Å². The average Bonchev–Trinajstić information content (AvgIpc) is 2.51. The van der Waals surface area contributed by atoms with Crippen LogP contribution in [0.15, 0.2) is 6.20 Å². The molecule has 0 saturated heterocycles. The van der Waals surface area contributed by atoms with E-state index >= 15 is 0 Å². The molecule has 0 bridgehead atoms. The SMILES string of the molecule is CC(C)OCCn1cc(C(C)(C)C)nn1. The van der Waals surface area contributed by atoms with Gasteiger partial charge in [0.1, 0.15) is 0 Å². The summed E-state index contributed by atoms with van der Waals surface area (Å²) in [5, 5.41) is 8.21. The van der Waals surface area contributed by atoms with Crippen molar-refractivity contribution in [1.82, 2.24) is 15.0 Å². The van der Waals surface area contributed by atoms with E-state index in [0.29, 0.717) is 6.61 Å². The lowest BCUT2D eigenvalue weighted by Gasteiger charge is -2.13. The molecule has 4 nitrogen and oxygen atoms in total. The summed E-state index contributed by atoms with van der Waals surface area (Å²) in [7, 11) is 0. The summed E-state index contributed by atoms with van der Waals surface area (Å²) in [6.45, 7) is 11.9. The smallest absolute Gasteiger partial charge is 0.0880 e. The Morgan fingerprint density at radius 1 is 1.40 bits per heavy atom. The maximum atomic E-state index is 5.45. The first-order chi connectivity index (χ1) is 6.89. The van der Waals surface area contributed by atoms with Crippen molar-refractivity contribution >= 4 is 0 Å². The molecule has 0 aromatic carbocycles. The maximum absolute atomic E-state index is 5.45. The van der Waals surface area contributed by atoms with Crippen LogP contribution in [0.1, 0.15) is 40.3 Å². The van der Waals surface area contributed by atoms with Crippen LogP contribution >= 0.6 is 0 Å². The first-order valence-electron chi connectivity index (χ1n) is 5.42. The molecule has 0 aliphatic rings. The van der Waals surface area contributed by atoms with Gasteiger partial charge < -0.3 is 4.74 Å². The van der Waals surface area contributed by atoms with E-state index in [9.17, 15) is 0 Å². The van der Waals surface area contributed by atoms with Crippen LogP contribution in [0.3, 0.4) is 0 Å². The molecule has 1 aromatic heterocycles. The molecule has 86 valence electrons. The highest BCUT2D eigenvalue weighted by atomic mass is 16.5. The lowest BCUT2D eigenvalue weighted by molar-refractivity contribution is 0.0707. The lowest BCUT2D eigenvalue weighted by atomic mass is 9.93. The second-order valence-corrected chi connectivity index (χ2v) is 5.04. The second-order valence-electron chi connectivity index (χ2n) is 5.04. The van der Waals surface area contributed by atoms with Gasteiger partial charge in [-0.15, -0.1) is 5.10 Å². The van der Waals surface area contributed by atoms with Crippen molar-refractivity contribution in [3.8, 4) is 0 Å². The summed E-state index contributed by atoms with van der Waals surface area (Å²) in [5.41, 5.74) is 1.09. The molecule has 15 heavy (non-hydrogen) atoms. The second kappa shape index (κ2) is 4.75. The fourth-order valence-electron chi connectivity index (χ4n) is 1.13. The van der Waals surface area contributed by atoms with Gasteiger partial charge in [-0.25, -0.2) is 4.68 Å². The van der Waals surface area contributed by atoms with Crippen LogP contribution in [-0.4, -0.2) is 27.7 Å². The third-order valence-electron chi connectivity index (χ3n) is 2.08. The van der Waals surface area contributed by atoms with Gasteiger partial charge in [0.2, 0.25) is 0 Å². The van der Waals surface area contributed by atoms with Crippen molar-refractivity contribution in [2.24, 2.45) is 0 Å². The van der Waals surface area contributed by atoms with Gasteiger partial charge in [-0.05, 0) is 13.8 Å². The number of nitrogens with zero attached hydrogens (tertiary/aromatic N) is 3. The van der Waals surface area contributed by atoms with Gasteiger partial charge in [0.25, 0.3) is 0 Å². The summed E-state index contributed by atoms with van der Waals surface area (Å²) >= 11 is 0. The van der Waals surface area contributed by atoms with E-state index in [1.807, 2.05) is 24.7 Å². The molecule has 1 heterocycles. The molecule has 0 aliphatic heterocycles. The molecule has 0 fully saturated rings. The zero-order valence-electron chi connectivity index (χ0n) is 10.3. The van der Waals surface area contributed by atoms with Crippen LogP contribution in [-0.2, 0) is 16.7 Å². The normalized spacial score (nSPS) is 12.4. The third kappa shape index (κ3) is 4.00. The monoisotopic (exact) mass is 211 g/mol. The predicted molar refractivity (Wildman–Crippen MR) is 59.8 cm³/mol. The van der Waals surface area contributed by atoms with E-state index in [1.165, 1.54) is 0 Å². The lowest BCUT2D eigenvalue weighted by Crippen LogP contribution is -2.12. The van der Waals surface area contributed by atoms with E-state index < -0.39 is 0 Å². The van der Waals surface area contributed by atoms with Gasteiger partial charge in [-0.3, -0.25) is 0 Å². The van der Waals surface area contributed by atoms with E-state index in [-0.39, 0.29) is 11.5 Å². The van der Waals surface area contributed by atoms with Crippen LogP contribution in [0.5, 0.6) is 0 Å². The molecule has 0 spiro atoms. The molecule has 0 unspecified atom stereocenters. The highest BCUT2D eigenvalue weighted by Gasteiger charge is 2.17. The number of hydrogen-bond donors (Lipinski definition) is 0. The topological polar surface area (TPSA) is 39.9 Å². The molecule has 1 rings (SSSR count). The van der Waals surface area contributed by atoms with E-state index in [4.69, 9.17) is 4.74 Å². The third-order valence-corrected chi connectivity index (χ3v) is 2.08. The summed E-state index contributed by atoms with van der Waals surface area (Å²) in [4.78, 5) is 0. The number of rotatable bonds is 4. The Labute approximate surface area is 91.6 Å². The van der Waals surface area contributed by atoms with Crippen LogP contribution < -0.4 is 0 Å². The predicted octanol–water partition coefficient (Wildman–Crippen LogP) is 2.00. The van der Waals surface area contributed by atoms with Gasteiger partial charge in [0, 0.05) is 11.6 Å². The minimum atomic E-state index is 0.0666. The van der Waals surface area contributed by atoms with Crippen LogP contribution in [0.25, 0.3) is 0 Å². The molecule has 0 atom stereocenters. The molecule has 0 amide bonds. The molecule has 4 heteroatoms. The highest BCUT2D eigenvalue weighted by Crippen LogP contribution is 2.18. The first-order valence-corrected chi connectivity index (χ1v) is 5.42. The molecule has 0 radical (unpaired) electrons. The summed E-state index contributed by atoms with van der Waals surface area (Å²) < 4.78 is 7.29. The number of hydrogen-bond acceptors (Lipinski definition) is 3. The molecule has 1 aromatic rings. The largest absolute Gasteiger partial charge is 0.377 e. The van der Waals surface area contributed by atoms with Crippen molar-refractivity contribution < 1.29 is 4.74 Å². The summed E-state index contributed by atoms with van der Waals surface area (Å²) in [6, 6.07) is 0. The Balaban J connectivity index is 2.47. The van der Waals surface area contributed by atoms with Crippen LogP contribution in [0.2, 0.25) is 0 Å². The van der Waals surface area contributed by atoms with Crippen molar-refractivity contribution in [2.75, 3.05) is 6.61 Å². The Morgan fingerprint density at radius 2 is 2.07 bits per heavy atom. The quantitative estimate of drug-likeness (QED) is 0.764. The maximum Gasteiger partial charge on any atom is 0.0880 e. The van der Waals surface area contributed by atoms with Crippen molar-refractivity contribution in [3.63, 3.8) is 0 Å². The minimum absolute atomic E-state index is 0.0666. The Morgan fingerprint density at radius 3 is 2.53 bits per heavy atom. The molecular weight excluding hydrogens is 190 g/mol. The van der Waals surface area contributed by atoms with Crippen molar-refractivity contribution in [1.29, 1.82) is 0 Å². The average molecular weight is 211 g/mol. The fourth-order valence-corrected chi connectivity index (χ4v) is 1.13. The summed E-state index contributed by atoms with van der Waals surface area (Å²) in [6.07, 6.45) is 2.26. The number of aromatic nitrogens is 3. The van der Waals surface area contributed by atoms with Gasteiger partial charge in [-0.2, -0.15) is 0 Å². The van der Waals surface area contributed by atoms with Crippen LogP contribution in [0, 0.1) is 0 Å².